The summed E-state index contributed by atoms with van der Waals surface area (Å²) in [5.41, 5.74) is 12.7. The van der Waals surface area contributed by atoms with Gasteiger partial charge in [-0.25, -0.2) is 0 Å². The topological polar surface area (TPSA) is 144 Å². The predicted octanol–water partition coefficient (Wildman–Crippen LogP) is 2.19. The number of anilines is 2. The SMILES string of the molecule is Nc1ccc(C(=O)c2ccc3cc(S(=O)(=O)O)cc(O)c3c2N)cc1. The third-order valence-corrected chi connectivity index (χ3v) is 4.66. The summed E-state index contributed by atoms with van der Waals surface area (Å²) in [6.07, 6.45) is 0. The Kier molecular flexibility index (Phi) is 3.86. The van der Waals surface area contributed by atoms with Gasteiger partial charge in [-0.2, -0.15) is 8.42 Å². The summed E-state index contributed by atoms with van der Waals surface area (Å²) >= 11 is 0. The number of ketones is 1. The fourth-order valence-electron chi connectivity index (χ4n) is 2.58. The summed E-state index contributed by atoms with van der Waals surface area (Å²) in [4.78, 5) is 12.2. The number of carbonyl (C=O) groups excluding carboxylic acids is 1. The van der Waals surface area contributed by atoms with E-state index in [-0.39, 0.29) is 27.8 Å². The van der Waals surface area contributed by atoms with Gasteiger partial charge in [0, 0.05) is 28.3 Å². The second-order valence-corrected chi connectivity index (χ2v) is 6.92. The number of phenols is 1. The number of nitrogen functional groups attached to an aromatic ring is 2. The van der Waals surface area contributed by atoms with Crippen LogP contribution >= 0.6 is 0 Å². The number of hydrogen-bond donors (Lipinski definition) is 4. The quantitative estimate of drug-likeness (QED) is 0.319. The van der Waals surface area contributed by atoms with Crippen LogP contribution in [0.5, 0.6) is 5.75 Å². The van der Waals surface area contributed by atoms with Gasteiger partial charge in [-0.15, -0.1) is 0 Å². The first-order valence-corrected chi connectivity index (χ1v) is 8.55. The van der Waals surface area contributed by atoms with Crippen molar-refractivity contribution in [3.05, 3.63) is 59.7 Å². The minimum absolute atomic E-state index is 0.0127. The van der Waals surface area contributed by atoms with E-state index in [1.54, 1.807) is 24.3 Å². The van der Waals surface area contributed by atoms with E-state index in [0.29, 0.717) is 11.3 Å². The molecule has 0 saturated carbocycles. The molecule has 0 heterocycles. The summed E-state index contributed by atoms with van der Waals surface area (Å²) in [6, 6.07) is 11.2. The van der Waals surface area contributed by atoms with Crippen LogP contribution in [0.1, 0.15) is 15.9 Å². The smallest absolute Gasteiger partial charge is 0.294 e. The summed E-state index contributed by atoms with van der Waals surface area (Å²) < 4.78 is 31.6. The fraction of sp³-hybridized carbons (Fsp3) is 0. The van der Waals surface area contributed by atoms with Gasteiger partial charge in [0.25, 0.3) is 10.1 Å². The summed E-state index contributed by atoms with van der Waals surface area (Å²) in [6.45, 7) is 0. The Morgan fingerprint density at radius 1 is 0.960 bits per heavy atom. The monoisotopic (exact) mass is 358 g/mol. The Balaban J connectivity index is 2.19. The standard InChI is InChI=1S/C17H14N2O5S/c18-11-4-1-9(2-5-11)17(21)13-6-3-10-7-12(25(22,23)24)8-14(20)15(10)16(13)19/h1-8,20H,18-19H2,(H,22,23,24). The molecule has 0 saturated heterocycles. The number of rotatable bonds is 3. The molecule has 0 unspecified atom stereocenters. The van der Waals surface area contributed by atoms with Crippen LogP contribution in [0, 0.1) is 0 Å². The molecule has 0 aliphatic carbocycles. The molecule has 0 radical (unpaired) electrons. The average Bonchev–Trinajstić information content (AvgIpc) is 2.54. The number of fused-ring (bicyclic) bond motifs is 1. The van der Waals surface area contributed by atoms with Crippen LogP contribution in [0.3, 0.4) is 0 Å². The van der Waals surface area contributed by atoms with E-state index < -0.39 is 20.8 Å². The van der Waals surface area contributed by atoms with Gasteiger partial charge in [0.05, 0.1) is 10.6 Å². The van der Waals surface area contributed by atoms with Crippen LogP contribution in [-0.2, 0) is 10.1 Å². The molecule has 7 nitrogen and oxygen atoms in total. The molecule has 25 heavy (non-hydrogen) atoms. The number of carbonyl (C=O) groups is 1. The molecule has 0 spiro atoms. The van der Waals surface area contributed by atoms with Crippen LogP contribution in [0.15, 0.2) is 53.4 Å². The Morgan fingerprint density at radius 3 is 2.20 bits per heavy atom. The second kappa shape index (κ2) is 5.76. The van der Waals surface area contributed by atoms with Crippen molar-refractivity contribution in [2.75, 3.05) is 11.5 Å². The molecule has 0 amide bonds. The molecular weight excluding hydrogens is 344 g/mol. The predicted molar refractivity (Wildman–Crippen MR) is 94.1 cm³/mol. The molecular formula is C17H14N2O5S. The van der Waals surface area contributed by atoms with Crippen molar-refractivity contribution < 1.29 is 22.9 Å². The van der Waals surface area contributed by atoms with Crippen molar-refractivity contribution in [3.63, 3.8) is 0 Å². The molecule has 6 N–H and O–H groups in total. The van der Waals surface area contributed by atoms with E-state index in [1.165, 1.54) is 12.1 Å². The minimum atomic E-state index is -4.48. The van der Waals surface area contributed by atoms with Gasteiger partial charge in [-0.3, -0.25) is 9.35 Å². The van der Waals surface area contributed by atoms with Gasteiger partial charge >= 0.3 is 0 Å². The van der Waals surface area contributed by atoms with Crippen molar-refractivity contribution in [1.29, 1.82) is 0 Å². The lowest BCUT2D eigenvalue weighted by Gasteiger charge is -2.11. The fourth-order valence-corrected chi connectivity index (χ4v) is 3.12. The van der Waals surface area contributed by atoms with Gasteiger partial charge in [-0.05, 0) is 41.8 Å². The van der Waals surface area contributed by atoms with Crippen molar-refractivity contribution in [1.82, 2.24) is 0 Å². The number of phenolic OH excluding ortho intramolecular Hbond substituents is 1. The van der Waals surface area contributed by atoms with E-state index in [2.05, 4.69) is 0 Å². The third kappa shape index (κ3) is 3.00. The maximum Gasteiger partial charge on any atom is 0.294 e. The highest BCUT2D eigenvalue weighted by atomic mass is 32.2. The van der Waals surface area contributed by atoms with Gasteiger partial charge in [-0.1, -0.05) is 6.07 Å². The largest absolute Gasteiger partial charge is 0.507 e. The zero-order chi connectivity index (χ0) is 18.4. The lowest BCUT2D eigenvalue weighted by molar-refractivity contribution is 0.103. The highest BCUT2D eigenvalue weighted by molar-refractivity contribution is 7.85. The lowest BCUT2D eigenvalue weighted by atomic mass is 9.97. The molecule has 8 heteroatoms. The second-order valence-electron chi connectivity index (χ2n) is 5.49. The molecule has 128 valence electrons. The highest BCUT2D eigenvalue weighted by Crippen LogP contribution is 2.35. The Hall–Kier alpha value is -3.10. The van der Waals surface area contributed by atoms with E-state index >= 15 is 0 Å². The maximum absolute atomic E-state index is 12.6. The number of benzene rings is 3. The van der Waals surface area contributed by atoms with E-state index in [4.69, 9.17) is 16.0 Å². The normalized spacial score (nSPS) is 11.6. The first kappa shape index (κ1) is 16.7. The van der Waals surface area contributed by atoms with Gasteiger partial charge < -0.3 is 16.6 Å². The molecule has 0 bridgehead atoms. The van der Waals surface area contributed by atoms with Crippen molar-refractivity contribution in [3.8, 4) is 5.75 Å². The number of nitrogens with two attached hydrogens (primary N) is 2. The van der Waals surface area contributed by atoms with Crippen LogP contribution < -0.4 is 11.5 Å². The lowest BCUT2D eigenvalue weighted by Crippen LogP contribution is -2.06. The zero-order valence-corrected chi connectivity index (χ0v) is 13.6. The number of hydrogen-bond acceptors (Lipinski definition) is 6. The molecule has 0 atom stereocenters. The minimum Gasteiger partial charge on any atom is -0.507 e. The zero-order valence-electron chi connectivity index (χ0n) is 12.8. The summed E-state index contributed by atoms with van der Waals surface area (Å²) in [5, 5.41) is 10.5. The van der Waals surface area contributed by atoms with Crippen LogP contribution in [0.25, 0.3) is 10.8 Å². The Labute approximate surface area is 143 Å². The molecule has 3 rings (SSSR count). The molecule has 3 aromatic carbocycles. The molecule has 0 aromatic heterocycles. The van der Waals surface area contributed by atoms with Crippen LogP contribution in [0.4, 0.5) is 11.4 Å². The van der Waals surface area contributed by atoms with E-state index in [0.717, 1.165) is 12.1 Å². The van der Waals surface area contributed by atoms with Gasteiger partial charge in [0.15, 0.2) is 5.78 Å². The number of aromatic hydroxyl groups is 1. The van der Waals surface area contributed by atoms with E-state index in [1.807, 2.05) is 0 Å². The highest BCUT2D eigenvalue weighted by Gasteiger charge is 2.19. The molecule has 0 aliphatic heterocycles. The first-order chi connectivity index (χ1) is 11.7. The Morgan fingerprint density at radius 2 is 1.60 bits per heavy atom. The van der Waals surface area contributed by atoms with E-state index in [9.17, 15) is 18.3 Å². The third-order valence-electron chi connectivity index (χ3n) is 3.83. The average molecular weight is 358 g/mol. The first-order valence-electron chi connectivity index (χ1n) is 7.11. The summed E-state index contributed by atoms with van der Waals surface area (Å²) in [7, 11) is -4.48. The van der Waals surface area contributed by atoms with Crippen molar-refractivity contribution in [2.45, 2.75) is 4.90 Å². The van der Waals surface area contributed by atoms with Crippen LogP contribution in [0.2, 0.25) is 0 Å². The van der Waals surface area contributed by atoms with Gasteiger partial charge in [0.2, 0.25) is 0 Å². The molecule has 0 aliphatic rings. The maximum atomic E-state index is 12.6. The van der Waals surface area contributed by atoms with Crippen molar-refractivity contribution in [2.24, 2.45) is 0 Å². The Bertz CT molecular complexity index is 1110. The molecule has 0 fully saturated rings. The summed E-state index contributed by atoms with van der Waals surface area (Å²) in [5.74, 6) is -0.813. The van der Waals surface area contributed by atoms with Crippen molar-refractivity contribution >= 4 is 38.0 Å². The van der Waals surface area contributed by atoms with Gasteiger partial charge in [0.1, 0.15) is 5.75 Å². The molecule has 3 aromatic rings. The van der Waals surface area contributed by atoms with Crippen LogP contribution in [-0.4, -0.2) is 23.9 Å².